The Labute approximate surface area is 230 Å². The Morgan fingerprint density at radius 1 is 0.737 bits per heavy atom. The number of hydrogen-bond acceptors (Lipinski definition) is 4. The molecule has 188 valence electrons. The third-order valence-corrected chi connectivity index (χ3v) is 8.73. The number of benzene rings is 4. The predicted octanol–water partition coefficient (Wildman–Crippen LogP) is 6.84. The Balaban J connectivity index is 1.52. The summed E-state index contributed by atoms with van der Waals surface area (Å²) in [6, 6.07) is 35.3. The average Bonchev–Trinajstić information content (AvgIpc) is 3.61. The first-order valence-electron chi connectivity index (χ1n) is 12.1. The van der Waals surface area contributed by atoms with Gasteiger partial charge in [0.2, 0.25) is 0 Å². The minimum Gasteiger partial charge on any atom is -0.240 e. The molecule has 1 atom stereocenters. The van der Waals surface area contributed by atoms with E-state index in [-0.39, 0.29) is 4.90 Å². The van der Waals surface area contributed by atoms with Crippen LogP contribution in [-0.2, 0) is 10.0 Å². The van der Waals surface area contributed by atoms with Gasteiger partial charge in [-0.2, -0.15) is 23.0 Å². The van der Waals surface area contributed by atoms with Gasteiger partial charge in [-0.25, -0.2) is 4.68 Å². The highest BCUT2D eigenvalue weighted by atomic mass is 79.9. The summed E-state index contributed by atoms with van der Waals surface area (Å²) in [6.07, 6.45) is 2.34. The lowest BCUT2D eigenvalue weighted by Crippen LogP contribution is -2.27. The number of hydrogen-bond donors (Lipinski definition) is 0. The number of nitrogens with zero attached hydrogens (tertiary/aromatic N) is 4. The summed E-state index contributed by atoms with van der Waals surface area (Å²) in [7, 11) is -3.94. The van der Waals surface area contributed by atoms with Gasteiger partial charge < -0.3 is 0 Å². The molecular formula is C30H23BrN4O2S. The minimum absolute atomic E-state index is 0.197. The lowest BCUT2D eigenvalue weighted by atomic mass is 9.97. The third-order valence-electron chi connectivity index (χ3n) is 6.51. The first-order chi connectivity index (χ1) is 18.5. The van der Waals surface area contributed by atoms with Gasteiger partial charge in [-0.1, -0.05) is 94.8 Å². The first kappa shape index (κ1) is 24.3. The molecule has 0 aliphatic carbocycles. The molecule has 0 bridgehead atoms. The molecule has 0 unspecified atom stereocenters. The van der Waals surface area contributed by atoms with Crippen molar-refractivity contribution in [2.45, 2.75) is 17.4 Å². The Hall–Kier alpha value is -4.01. The van der Waals surface area contributed by atoms with E-state index in [2.05, 4.69) is 15.9 Å². The van der Waals surface area contributed by atoms with Gasteiger partial charge >= 0.3 is 0 Å². The molecule has 8 heteroatoms. The molecular weight excluding hydrogens is 560 g/mol. The third kappa shape index (κ3) is 4.57. The van der Waals surface area contributed by atoms with Crippen LogP contribution in [0.15, 0.2) is 136 Å². The average molecular weight is 584 g/mol. The van der Waals surface area contributed by atoms with Crippen LogP contribution in [0.2, 0.25) is 0 Å². The second kappa shape index (κ2) is 10.0. The topological polar surface area (TPSA) is 67.6 Å². The van der Waals surface area contributed by atoms with E-state index in [4.69, 9.17) is 10.2 Å². The maximum Gasteiger partial charge on any atom is 0.279 e. The van der Waals surface area contributed by atoms with Gasteiger partial charge in [0.1, 0.15) is 0 Å². The monoisotopic (exact) mass is 582 g/mol. The number of hydrazone groups is 1. The van der Waals surface area contributed by atoms with Crippen LogP contribution in [0.1, 0.15) is 23.6 Å². The molecule has 4 aromatic carbocycles. The van der Waals surface area contributed by atoms with Crippen molar-refractivity contribution in [1.82, 2.24) is 14.2 Å². The van der Waals surface area contributed by atoms with Crippen molar-refractivity contribution in [3.63, 3.8) is 0 Å². The molecule has 38 heavy (non-hydrogen) atoms. The van der Waals surface area contributed by atoms with Crippen molar-refractivity contribution in [3.8, 4) is 16.9 Å². The summed E-state index contributed by atoms with van der Waals surface area (Å²) in [5.41, 5.74) is 4.89. The lowest BCUT2D eigenvalue weighted by molar-refractivity contribution is 0.372. The zero-order chi connectivity index (χ0) is 26.1. The molecule has 1 aliphatic rings. The van der Waals surface area contributed by atoms with Crippen LogP contribution in [0.25, 0.3) is 16.9 Å². The molecule has 0 N–H and O–H groups in total. The van der Waals surface area contributed by atoms with Gasteiger partial charge in [-0.15, -0.1) is 0 Å². The molecule has 0 amide bonds. The van der Waals surface area contributed by atoms with Crippen LogP contribution in [0, 0.1) is 0 Å². The van der Waals surface area contributed by atoms with Gasteiger partial charge in [0.25, 0.3) is 10.0 Å². The zero-order valence-electron chi connectivity index (χ0n) is 20.2. The Morgan fingerprint density at radius 2 is 1.34 bits per heavy atom. The molecule has 0 fully saturated rings. The van der Waals surface area contributed by atoms with E-state index in [0.29, 0.717) is 12.1 Å². The number of para-hydroxylation sites is 1. The molecule has 0 spiro atoms. The quantitative estimate of drug-likeness (QED) is 0.220. The molecule has 0 saturated heterocycles. The zero-order valence-corrected chi connectivity index (χ0v) is 22.6. The SMILES string of the molecule is O=S(=O)(c1ccccc1)N1N=C(c2ccc(Br)cc2)C[C@@H]1c1cn(-c2ccccc2)nc1-c1ccccc1. The molecule has 6 nitrogen and oxygen atoms in total. The van der Waals surface area contributed by atoms with Gasteiger partial charge in [0, 0.05) is 28.2 Å². The van der Waals surface area contributed by atoms with Crippen LogP contribution in [0.4, 0.5) is 0 Å². The fourth-order valence-electron chi connectivity index (χ4n) is 4.62. The van der Waals surface area contributed by atoms with Crippen LogP contribution in [0.3, 0.4) is 0 Å². The number of sulfonamides is 1. The predicted molar refractivity (Wildman–Crippen MR) is 153 cm³/mol. The summed E-state index contributed by atoms with van der Waals surface area (Å²) in [4.78, 5) is 0.197. The minimum atomic E-state index is -3.94. The van der Waals surface area contributed by atoms with Crippen molar-refractivity contribution in [3.05, 3.63) is 137 Å². The highest BCUT2D eigenvalue weighted by Crippen LogP contribution is 2.41. The lowest BCUT2D eigenvalue weighted by Gasteiger charge is -2.23. The second-order valence-corrected chi connectivity index (χ2v) is 11.7. The van der Waals surface area contributed by atoms with E-state index in [1.54, 1.807) is 30.3 Å². The molecule has 5 aromatic rings. The van der Waals surface area contributed by atoms with Crippen molar-refractivity contribution in [1.29, 1.82) is 0 Å². The molecule has 6 rings (SSSR count). The summed E-state index contributed by atoms with van der Waals surface area (Å²) in [6.45, 7) is 0. The van der Waals surface area contributed by atoms with E-state index in [1.165, 1.54) is 4.41 Å². The van der Waals surface area contributed by atoms with Crippen molar-refractivity contribution >= 4 is 31.7 Å². The van der Waals surface area contributed by atoms with E-state index < -0.39 is 16.1 Å². The maximum atomic E-state index is 14.0. The fourth-order valence-corrected chi connectivity index (χ4v) is 6.33. The van der Waals surface area contributed by atoms with Gasteiger partial charge in [0.15, 0.2) is 0 Å². The normalized spacial score (nSPS) is 15.4. The standard InChI is InChI=1S/C30H23BrN4O2S/c31-24-18-16-22(17-19-24)28-20-29(35(32-28)38(36,37)26-14-8-3-9-15-26)27-21-34(25-12-6-2-7-13-25)33-30(27)23-10-4-1-5-11-23/h1-19,21,29H,20H2/t29-/m1/s1. The van der Waals surface area contributed by atoms with Crippen LogP contribution < -0.4 is 0 Å². The highest BCUT2D eigenvalue weighted by molar-refractivity contribution is 9.10. The van der Waals surface area contributed by atoms with E-state index in [9.17, 15) is 8.42 Å². The van der Waals surface area contributed by atoms with Crippen LogP contribution >= 0.6 is 15.9 Å². The van der Waals surface area contributed by atoms with Crippen molar-refractivity contribution < 1.29 is 8.42 Å². The molecule has 1 aromatic heterocycles. The number of halogens is 1. The van der Waals surface area contributed by atoms with Crippen LogP contribution in [0.5, 0.6) is 0 Å². The Bertz CT molecular complexity index is 1700. The van der Waals surface area contributed by atoms with Crippen LogP contribution in [-0.4, -0.2) is 28.3 Å². The summed E-state index contributed by atoms with van der Waals surface area (Å²) in [5.74, 6) is 0. The first-order valence-corrected chi connectivity index (χ1v) is 14.4. The van der Waals surface area contributed by atoms with Gasteiger partial charge in [0.05, 0.1) is 28.0 Å². The van der Waals surface area contributed by atoms with Gasteiger partial charge in [-0.3, -0.25) is 0 Å². The Morgan fingerprint density at radius 3 is 2.00 bits per heavy atom. The second-order valence-electron chi connectivity index (χ2n) is 8.94. The number of aromatic nitrogens is 2. The van der Waals surface area contributed by atoms with E-state index in [1.807, 2.05) is 95.8 Å². The molecule has 2 heterocycles. The van der Waals surface area contributed by atoms with Gasteiger partial charge in [-0.05, 0) is 42.0 Å². The molecule has 0 saturated carbocycles. The highest BCUT2D eigenvalue weighted by Gasteiger charge is 2.40. The molecule has 0 radical (unpaired) electrons. The summed E-state index contributed by atoms with van der Waals surface area (Å²) in [5, 5.41) is 9.65. The summed E-state index contributed by atoms with van der Waals surface area (Å²) >= 11 is 3.48. The molecule has 1 aliphatic heterocycles. The Kier molecular flexibility index (Phi) is 6.43. The van der Waals surface area contributed by atoms with Crippen molar-refractivity contribution in [2.24, 2.45) is 5.10 Å². The number of rotatable bonds is 6. The maximum absolute atomic E-state index is 14.0. The largest absolute Gasteiger partial charge is 0.279 e. The smallest absolute Gasteiger partial charge is 0.240 e. The summed E-state index contributed by atoms with van der Waals surface area (Å²) < 4.78 is 31.9. The van der Waals surface area contributed by atoms with E-state index in [0.717, 1.165) is 32.5 Å². The fraction of sp³-hybridized carbons (Fsp3) is 0.0667. The van der Waals surface area contributed by atoms with Crippen molar-refractivity contribution in [2.75, 3.05) is 0 Å². The van der Waals surface area contributed by atoms with E-state index >= 15 is 0 Å².